The number of hydrogen-bond acceptors (Lipinski definition) is 8. The molecular weight excluding hydrogens is 507 g/mol. The molecule has 0 saturated heterocycles. The van der Waals surface area contributed by atoms with Crippen molar-refractivity contribution in [1.29, 1.82) is 10.5 Å². The normalized spacial score (nSPS) is 10.5. The highest BCUT2D eigenvalue weighted by molar-refractivity contribution is 7.98. The molecule has 2 aromatic carbocycles. The zero-order valence-electron chi connectivity index (χ0n) is 18.0. The van der Waals surface area contributed by atoms with E-state index in [0.29, 0.717) is 44.3 Å². The topological polar surface area (TPSA) is 116 Å². The summed E-state index contributed by atoms with van der Waals surface area (Å²) in [6, 6.07) is 18.2. The fraction of sp³-hybridized carbons (Fsp3) is 0.120. The molecule has 4 aromatic rings. The summed E-state index contributed by atoms with van der Waals surface area (Å²) in [7, 11) is 0. The summed E-state index contributed by atoms with van der Waals surface area (Å²) in [6.45, 7) is 0.0576. The first-order chi connectivity index (χ1) is 17.0. The molecule has 0 aliphatic heterocycles. The summed E-state index contributed by atoms with van der Waals surface area (Å²) in [5.74, 6) is 1.37. The standard InChI is InChI=1S/C25H16Cl2N4O3S/c26-17-5-1-16(2-6-17)24-30-18(13-34-24)14-35-25-21(12-29)22(20(11-28)23(27)31-25)15-3-7-19(8-4-15)33-10-9-32/h1-8,13,32H,9-10,14H2. The van der Waals surface area contributed by atoms with Crippen LogP contribution in [0.4, 0.5) is 0 Å². The number of rotatable bonds is 8. The molecule has 7 nitrogen and oxygen atoms in total. The maximum Gasteiger partial charge on any atom is 0.226 e. The zero-order valence-corrected chi connectivity index (χ0v) is 20.4. The third-order valence-electron chi connectivity index (χ3n) is 4.85. The average molecular weight is 523 g/mol. The number of nitriles is 2. The molecule has 0 bridgehead atoms. The summed E-state index contributed by atoms with van der Waals surface area (Å²) in [5.41, 5.74) is 2.80. The van der Waals surface area contributed by atoms with Gasteiger partial charge in [-0.2, -0.15) is 10.5 Å². The van der Waals surface area contributed by atoms with Gasteiger partial charge in [0.25, 0.3) is 0 Å². The van der Waals surface area contributed by atoms with Gasteiger partial charge in [0.2, 0.25) is 5.89 Å². The van der Waals surface area contributed by atoms with Gasteiger partial charge < -0.3 is 14.3 Å². The number of ether oxygens (including phenoxy) is 1. The SMILES string of the molecule is N#Cc1c(Cl)nc(SCc2coc(-c3ccc(Cl)cc3)n2)c(C#N)c1-c1ccc(OCCO)cc1. The van der Waals surface area contributed by atoms with Gasteiger partial charge in [0.1, 0.15) is 40.9 Å². The predicted octanol–water partition coefficient (Wildman–Crippen LogP) is 6.12. The largest absolute Gasteiger partial charge is 0.491 e. The lowest BCUT2D eigenvalue weighted by molar-refractivity contribution is 0.201. The van der Waals surface area contributed by atoms with Crippen LogP contribution < -0.4 is 4.74 Å². The molecule has 0 amide bonds. The van der Waals surface area contributed by atoms with E-state index >= 15 is 0 Å². The van der Waals surface area contributed by atoms with Crippen molar-refractivity contribution >= 4 is 35.0 Å². The zero-order chi connectivity index (χ0) is 24.8. The minimum Gasteiger partial charge on any atom is -0.491 e. The van der Waals surface area contributed by atoms with Gasteiger partial charge in [-0.25, -0.2) is 9.97 Å². The summed E-state index contributed by atoms with van der Waals surface area (Å²) in [4.78, 5) is 8.80. The molecule has 0 aliphatic rings. The Hall–Kier alpha value is -3.53. The number of halogens is 2. The first-order valence-electron chi connectivity index (χ1n) is 10.2. The van der Waals surface area contributed by atoms with E-state index in [1.54, 1.807) is 42.7 Å². The van der Waals surface area contributed by atoms with E-state index < -0.39 is 0 Å². The third-order valence-corrected chi connectivity index (χ3v) is 6.38. The molecule has 0 radical (unpaired) electrons. The number of pyridine rings is 1. The van der Waals surface area contributed by atoms with E-state index in [2.05, 4.69) is 22.1 Å². The van der Waals surface area contributed by atoms with Crippen LogP contribution in [-0.2, 0) is 5.75 Å². The average Bonchev–Trinajstić information content (AvgIpc) is 3.35. The smallest absolute Gasteiger partial charge is 0.226 e. The number of thioether (sulfide) groups is 1. The number of hydrogen-bond donors (Lipinski definition) is 1. The highest BCUT2D eigenvalue weighted by atomic mass is 35.5. The molecule has 2 aromatic heterocycles. The lowest BCUT2D eigenvalue weighted by atomic mass is 9.97. The van der Waals surface area contributed by atoms with Gasteiger partial charge in [-0.3, -0.25) is 0 Å². The molecule has 4 rings (SSSR count). The minimum absolute atomic E-state index is 0.00612. The molecular formula is C25H16Cl2N4O3S. The van der Waals surface area contributed by atoms with Gasteiger partial charge in [0, 0.05) is 21.9 Å². The van der Waals surface area contributed by atoms with Crippen molar-refractivity contribution in [3.63, 3.8) is 0 Å². The van der Waals surface area contributed by atoms with Crippen molar-refractivity contribution in [2.24, 2.45) is 0 Å². The van der Waals surface area contributed by atoms with E-state index in [-0.39, 0.29) is 29.5 Å². The fourth-order valence-corrected chi connectivity index (χ4v) is 4.52. The maximum atomic E-state index is 9.96. The lowest BCUT2D eigenvalue weighted by Crippen LogP contribution is -2.02. The van der Waals surface area contributed by atoms with Crippen molar-refractivity contribution in [2.75, 3.05) is 13.2 Å². The molecule has 0 saturated carbocycles. The van der Waals surface area contributed by atoms with Crippen molar-refractivity contribution < 1.29 is 14.3 Å². The first kappa shape index (κ1) is 24.6. The second kappa shape index (κ2) is 11.3. The van der Waals surface area contributed by atoms with Crippen LogP contribution in [0.25, 0.3) is 22.6 Å². The van der Waals surface area contributed by atoms with Crippen molar-refractivity contribution in [2.45, 2.75) is 10.8 Å². The van der Waals surface area contributed by atoms with E-state index in [9.17, 15) is 10.5 Å². The Morgan fingerprint density at radius 2 is 1.63 bits per heavy atom. The van der Waals surface area contributed by atoms with E-state index in [1.807, 2.05) is 12.1 Å². The van der Waals surface area contributed by atoms with Crippen LogP contribution in [0.2, 0.25) is 10.2 Å². The van der Waals surface area contributed by atoms with Gasteiger partial charge in [-0.15, -0.1) is 0 Å². The first-order valence-corrected chi connectivity index (χ1v) is 12.0. The number of aliphatic hydroxyl groups is 1. The van der Waals surface area contributed by atoms with Gasteiger partial charge in [0.15, 0.2) is 0 Å². The van der Waals surface area contributed by atoms with E-state index in [1.165, 1.54) is 11.8 Å². The summed E-state index contributed by atoms with van der Waals surface area (Å²) >= 11 is 13.5. The molecule has 0 aliphatic carbocycles. The second-order valence-electron chi connectivity index (χ2n) is 7.09. The number of aliphatic hydroxyl groups excluding tert-OH is 1. The van der Waals surface area contributed by atoms with Crippen LogP contribution in [0, 0.1) is 22.7 Å². The number of oxazole rings is 1. The second-order valence-corrected chi connectivity index (χ2v) is 8.85. The third kappa shape index (κ3) is 5.59. The quantitative estimate of drug-likeness (QED) is 0.217. The summed E-state index contributed by atoms with van der Waals surface area (Å²) < 4.78 is 11.0. The van der Waals surface area contributed by atoms with Crippen LogP contribution >= 0.6 is 35.0 Å². The van der Waals surface area contributed by atoms with Gasteiger partial charge in [-0.05, 0) is 42.0 Å². The Bertz CT molecular complexity index is 1430. The Labute approximate surface area is 215 Å². The van der Waals surface area contributed by atoms with E-state index in [4.69, 9.17) is 37.5 Å². The Morgan fingerprint density at radius 1 is 0.943 bits per heavy atom. The van der Waals surface area contributed by atoms with E-state index in [0.717, 1.165) is 5.56 Å². The van der Waals surface area contributed by atoms with Crippen LogP contribution in [0.1, 0.15) is 16.8 Å². The van der Waals surface area contributed by atoms with Crippen molar-refractivity contribution in [1.82, 2.24) is 9.97 Å². The lowest BCUT2D eigenvalue weighted by Gasteiger charge is -2.13. The number of benzene rings is 2. The van der Waals surface area contributed by atoms with Crippen LogP contribution in [-0.4, -0.2) is 28.3 Å². The van der Waals surface area contributed by atoms with Crippen LogP contribution in [0.5, 0.6) is 5.75 Å². The van der Waals surface area contributed by atoms with Crippen molar-refractivity contribution in [3.8, 4) is 40.5 Å². The molecule has 0 spiro atoms. The molecule has 0 unspecified atom stereocenters. The van der Waals surface area contributed by atoms with Gasteiger partial charge >= 0.3 is 0 Å². The van der Waals surface area contributed by atoms with Crippen LogP contribution in [0.15, 0.2) is 64.2 Å². The molecule has 2 heterocycles. The molecule has 1 N–H and O–H groups in total. The summed E-state index contributed by atoms with van der Waals surface area (Å²) in [6.07, 6.45) is 1.54. The molecule has 0 atom stereocenters. The van der Waals surface area contributed by atoms with Crippen LogP contribution in [0.3, 0.4) is 0 Å². The minimum atomic E-state index is -0.105. The summed E-state index contributed by atoms with van der Waals surface area (Å²) in [5, 5.41) is 29.6. The fourth-order valence-electron chi connectivity index (χ4n) is 3.26. The highest BCUT2D eigenvalue weighted by Gasteiger charge is 2.21. The molecule has 35 heavy (non-hydrogen) atoms. The number of aromatic nitrogens is 2. The molecule has 174 valence electrons. The Morgan fingerprint density at radius 3 is 2.29 bits per heavy atom. The van der Waals surface area contributed by atoms with Gasteiger partial charge in [-0.1, -0.05) is 47.1 Å². The van der Waals surface area contributed by atoms with Gasteiger partial charge in [0.05, 0.1) is 23.4 Å². The molecule has 10 heteroatoms. The molecule has 0 fully saturated rings. The Kier molecular flexibility index (Phi) is 7.91. The predicted molar refractivity (Wildman–Crippen MR) is 133 cm³/mol. The van der Waals surface area contributed by atoms with Crippen molar-refractivity contribution in [3.05, 3.63) is 81.8 Å². The highest BCUT2D eigenvalue weighted by Crippen LogP contribution is 2.38. The monoisotopic (exact) mass is 522 g/mol. The maximum absolute atomic E-state index is 9.96. The Balaban J connectivity index is 1.63. The number of nitrogens with zero attached hydrogens (tertiary/aromatic N) is 4.